The van der Waals surface area contributed by atoms with Crippen molar-refractivity contribution in [3.63, 3.8) is 0 Å². The second-order valence-electron chi connectivity index (χ2n) is 8.20. The molecule has 1 heterocycles. The summed E-state index contributed by atoms with van der Waals surface area (Å²) >= 11 is 5.95. The Kier molecular flexibility index (Phi) is 8.25. The second kappa shape index (κ2) is 10.7. The van der Waals surface area contributed by atoms with Crippen molar-refractivity contribution in [2.24, 2.45) is 5.92 Å². The number of methoxy groups -OCH3 is 1. The third-order valence-corrected chi connectivity index (χ3v) is 7.81. The average molecular weight is 458 g/mol. The van der Waals surface area contributed by atoms with Crippen molar-refractivity contribution < 1.29 is 17.9 Å². The topological polar surface area (TPSA) is 87.7 Å². The molecule has 1 saturated heterocycles. The van der Waals surface area contributed by atoms with Crippen LogP contribution in [0.15, 0.2) is 23.1 Å². The molecule has 9 heteroatoms. The maximum Gasteiger partial charge on any atom is 0.317 e. The molecular weight excluding hydrogens is 426 g/mol. The average Bonchev–Trinajstić information content (AvgIpc) is 2.75. The fourth-order valence-corrected chi connectivity index (χ4v) is 5.75. The van der Waals surface area contributed by atoms with Gasteiger partial charge in [0.2, 0.25) is 10.0 Å². The van der Waals surface area contributed by atoms with E-state index in [9.17, 15) is 13.2 Å². The van der Waals surface area contributed by atoms with Crippen LogP contribution in [0.2, 0.25) is 5.02 Å². The van der Waals surface area contributed by atoms with Crippen LogP contribution in [0.4, 0.5) is 4.79 Å². The first kappa shape index (κ1) is 23.2. The molecule has 2 fully saturated rings. The molecule has 1 aromatic rings. The molecule has 7 nitrogen and oxygen atoms in total. The predicted octanol–water partition coefficient (Wildman–Crippen LogP) is 3.77. The van der Waals surface area contributed by atoms with Gasteiger partial charge in [-0.25, -0.2) is 17.9 Å². The molecule has 3 rings (SSSR count). The number of urea groups is 1. The molecule has 2 aliphatic rings. The maximum atomic E-state index is 12.6. The van der Waals surface area contributed by atoms with Crippen LogP contribution in [0.1, 0.15) is 51.4 Å². The zero-order chi connectivity index (χ0) is 21.6. The Morgan fingerprint density at radius 3 is 2.53 bits per heavy atom. The minimum absolute atomic E-state index is 0.0479. The van der Waals surface area contributed by atoms with Crippen LogP contribution in [0.25, 0.3) is 0 Å². The van der Waals surface area contributed by atoms with Gasteiger partial charge in [-0.1, -0.05) is 30.9 Å². The number of benzene rings is 1. The minimum atomic E-state index is -3.70. The molecule has 1 aromatic carbocycles. The molecule has 1 aliphatic carbocycles. The Bertz CT molecular complexity index is 820. The summed E-state index contributed by atoms with van der Waals surface area (Å²) in [4.78, 5) is 14.4. The molecular formula is C21H32ClN3O4S. The van der Waals surface area contributed by atoms with Gasteiger partial charge < -0.3 is 15.0 Å². The normalized spacial score (nSPS) is 18.9. The van der Waals surface area contributed by atoms with Crippen molar-refractivity contribution in [3.05, 3.63) is 23.2 Å². The van der Waals surface area contributed by atoms with Gasteiger partial charge in [-0.05, 0) is 56.2 Å². The summed E-state index contributed by atoms with van der Waals surface area (Å²) in [6, 6.07) is 4.91. The number of carbonyl (C=O) groups excluding carboxylic acids is 1. The van der Waals surface area contributed by atoms with Crippen LogP contribution >= 0.6 is 11.6 Å². The predicted molar refractivity (Wildman–Crippen MR) is 118 cm³/mol. The monoisotopic (exact) mass is 457 g/mol. The van der Waals surface area contributed by atoms with E-state index in [-0.39, 0.29) is 16.7 Å². The van der Waals surface area contributed by atoms with E-state index in [1.807, 2.05) is 4.90 Å². The highest BCUT2D eigenvalue weighted by Gasteiger charge is 2.26. The minimum Gasteiger partial charge on any atom is -0.495 e. The lowest BCUT2D eigenvalue weighted by molar-refractivity contribution is 0.162. The van der Waals surface area contributed by atoms with Gasteiger partial charge in [-0.15, -0.1) is 0 Å². The summed E-state index contributed by atoms with van der Waals surface area (Å²) in [5.74, 6) is 0.664. The fourth-order valence-electron chi connectivity index (χ4n) is 4.27. The van der Waals surface area contributed by atoms with Crippen LogP contribution in [0.5, 0.6) is 5.75 Å². The van der Waals surface area contributed by atoms with Crippen molar-refractivity contribution in [2.45, 2.75) is 62.3 Å². The SMILES string of the molecule is COc1ccc(Cl)cc1S(=O)(=O)NCCC1CCN(C(=O)NC2CCCCC2)CC1. The maximum absolute atomic E-state index is 12.6. The van der Waals surface area contributed by atoms with Crippen molar-refractivity contribution >= 4 is 27.7 Å². The van der Waals surface area contributed by atoms with Crippen LogP contribution in [-0.2, 0) is 10.0 Å². The number of carbonyl (C=O) groups is 1. The van der Waals surface area contributed by atoms with E-state index in [2.05, 4.69) is 10.0 Å². The fraction of sp³-hybridized carbons (Fsp3) is 0.667. The number of halogens is 1. The van der Waals surface area contributed by atoms with Gasteiger partial charge >= 0.3 is 6.03 Å². The summed E-state index contributed by atoms with van der Waals surface area (Å²) in [5, 5.41) is 3.52. The molecule has 1 aliphatic heterocycles. The molecule has 0 atom stereocenters. The zero-order valence-electron chi connectivity index (χ0n) is 17.5. The third-order valence-electron chi connectivity index (χ3n) is 6.09. The smallest absolute Gasteiger partial charge is 0.317 e. The van der Waals surface area contributed by atoms with Crippen molar-refractivity contribution in [1.82, 2.24) is 14.9 Å². The van der Waals surface area contributed by atoms with Crippen molar-refractivity contribution in [3.8, 4) is 5.75 Å². The van der Waals surface area contributed by atoms with Crippen LogP contribution in [0, 0.1) is 5.92 Å². The number of amides is 2. The van der Waals surface area contributed by atoms with Crippen molar-refractivity contribution in [1.29, 1.82) is 0 Å². The molecule has 1 saturated carbocycles. The van der Waals surface area contributed by atoms with Crippen LogP contribution < -0.4 is 14.8 Å². The number of hydrogen-bond acceptors (Lipinski definition) is 4. The molecule has 0 radical (unpaired) electrons. The summed E-state index contributed by atoms with van der Waals surface area (Å²) in [5.41, 5.74) is 0. The van der Waals surface area contributed by atoms with E-state index in [0.29, 0.717) is 23.5 Å². The zero-order valence-corrected chi connectivity index (χ0v) is 19.1. The number of nitrogens with one attached hydrogen (secondary N) is 2. The number of sulfonamides is 1. The number of likely N-dealkylation sites (tertiary alicyclic amines) is 1. The number of nitrogens with zero attached hydrogens (tertiary/aromatic N) is 1. The number of hydrogen-bond donors (Lipinski definition) is 2. The molecule has 0 spiro atoms. The van der Waals surface area contributed by atoms with E-state index in [1.165, 1.54) is 32.4 Å². The Morgan fingerprint density at radius 1 is 1.17 bits per heavy atom. The highest BCUT2D eigenvalue weighted by Crippen LogP contribution is 2.27. The summed E-state index contributed by atoms with van der Waals surface area (Å²) in [7, 11) is -2.27. The van der Waals surface area contributed by atoms with Crippen molar-refractivity contribution in [2.75, 3.05) is 26.7 Å². The molecule has 0 bridgehead atoms. The summed E-state index contributed by atoms with van der Waals surface area (Å²) in [6.45, 7) is 1.78. The highest BCUT2D eigenvalue weighted by atomic mass is 35.5. The number of piperidine rings is 1. The van der Waals surface area contributed by atoms with E-state index in [0.717, 1.165) is 45.2 Å². The standard InChI is InChI=1S/C21H32ClN3O4S/c1-29-19-8-7-17(22)15-20(19)30(27,28)23-12-9-16-10-13-25(14-11-16)21(26)24-18-5-3-2-4-6-18/h7-8,15-16,18,23H,2-6,9-14H2,1H3,(H,24,26). The lowest BCUT2D eigenvalue weighted by atomic mass is 9.93. The molecule has 2 amide bonds. The Balaban J connectivity index is 1.42. The van der Waals surface area contributed by atoms with Gasteiger partial charge in [0.15, 0.2) is 0 Å². The largest absolute Gasteiger partial charge is 0.495 e. The van der Waals surface area contributed by atoms with Crippen LogP contribution in [0.3, 0.4) is 0 Å². The molecule has 0 aromatic heterocycles. The van der Waals surface area contributed by atoms with Gasteiger partial charge in [0, 0.05) is 30.7 Å². The van der Waals surface area contributed by atoms with Gasteiger partial charge in [0.1, 0.15) is 10.6 Å². The second-order valence-corrected chi connectivity index (χ2v) is 10.4. The van der Waals surface area contributed by atoms with Gasteiger partial charge in [-0.3, -0.25) is 0 Å². The van der Waals surface area contributed by atoms with E-state index in [1.54, 1.807) is 12.1 Å². The lowest BCUT2D eigenvalue weighted by Gasteiger charge is -2.34. The first-order valence-electron chi connectivity index (χ1n) is 10.8. The van der Waals surface area contributed by atoms with E-state index >= 15 is 0 Å². The number of rotatable bonds is 7. The molecule has 2 N–H and O–H groups in total. The Labute approximate surface area is 184 Å². The molecule has 168 valence electrons. The van der Waals surface area contributed by atoms with E-state index < -0.39 is 10.0 Å². The van der Waals surface area contributed by atoms with Gasteiger partial charge in [0.25, 0.3) is 0 Å². The molecule has 0 unspecified atom stereocenters. The highest BCUT2D eigenvalue weighted by molar-refractivity contribution is 7.89. The lowest BCUT2D eigenvalue weighted by Crippen LogP contribution is -2.48. The quantitative estimate of drug-likeness (QED) is 0.652. The van der Waals surface area contributed by atoms with Gasteiger partial charge in [0.05, 0.1) is 7.11 Å². The summed E-state index contributed by atoms with van der Waals surface area (Å²) < 4.78 is 33.1. The van der Waals surface area contributed by atoms with E-state index in [4.69, 9.17) is 16.3 Å². The third kappa shape index (κ3) is 6.25. The van der Waals surface area contributed by atoms with Gasteiger partial charge in [-0.2, -0.15) is 0 Å². The Hall–Kier alpha value is -1.51. The summed E-state index contributed by atoms with van der Waals surface area (Å²) in [6.07, 6.45) is 8.35. The van der Waals surface area contributed by atoms with Crippen LogP contribution in [-0.4, -0.2) is 52.1 Å². The first-order chi connectivity index (χ1) is 14.4. The Morgan fingerprint density at radius 2 is 1.87 bits per heavy atom. The first-order valence-corrected chi connectivity index (χ1v) is 12.6. The molecule has 30 heavy (non-hydrogen) atoms. The number of ether oxygens (including phenoxy) is 1.